The lowest BCUT2D eigenvalue weighted by molar-refractivity contribution is 0.369. The van der Waals surface area contributed by atoms with Crippen molar-refractivity contribution in [3.8, 4) is 0 Å². The molecule has 1 aliphatic rings. The molecule has 0 radical (unpaired) electrons. The van der Waals surface area contributed by atoms with E-state index in [0.717, 1.165) is 45.1 Å². The summed E-state index contributed by atoms with van der Waals surface area (Å²) in [5.41, 5.74) is 0. The van der Waals surface area contributed by atoms with Crippen molar-refractivity contribution in [2.45, 2.75) is 75.8 Å². The molecule has 0 spiro atoms. The van der Waals surface area contributed by atoms with Crippen LogP contribution in [0.5, 0.6) is 0 Å². The summed E-state index contributed by atoms with van der Waals surface area (Å²) in [4.78, 5) is 0. The average Bonchev–Trinajstić information content (AvgIpc) is 2.35. The quantitative estimate of drug-likeness (QED) is 0.799. The van der Waals surface area contributed by atoms with E-state index >= 15 is 0 Å². The van der Waals surface area contributed by atoms with E-state index in [0.29, 0.717) is 0 Å². The van der Waals surface area contributed by atoms with Crippen molar-refractivity contribution in [2.24, 2.45) is 0 Å². The molecule has 17 heavy (non-hydrogen) atoms. The maximum absolute atomic E-state index is 12.5. The number of hydrogen-bond acceptors (Lipinski definition) is 3. The molecular formula is C13H27NO2S. The maximum Gasteiger partial charge on any atom is 0.157 e. The standard InChI is InChI=1S/C13H27NO2S/c1-4-10-14-12-8-6-7-9-13(12)17(15,16)11(3)5-2/h11-14H,4-10H2,1-3H3. The molecular weight excluding hydrogens is 234 g/mol. The predicted molar refractivity (Wildman–Crippen MR) is 73.0 cm³/mol. The fraction of sp³-hybridized carbons (Fsp3) is 1.00. The molecule has 1 rings (SSSR count). The Kier molecular flexibility index (Phi) is 5.93. The van der Waals surface area contributed by atoms with E-state index in [1.54, 1.807) is 0 Å². The molecule has 102 valence electrons. The highest BCUT2D eigenvalue weighted by Gasteiger charge is 2.37. The fourth-order valence-corrected chi connectivity index (χ4v) is 4.83. The van der Waals surface area contributed by atoms with E-state index in [1.807, 2.05) is 13.8 Å². The van der Waals surface area contributed by atoms with Gasteiger partial charge in [-0.2, -0.15) is 0 Å². The van der Waals surface area contributed by atoms with E-state index in [4.69, 9.17) is 0 Å². The smallest absolute Gasteiger partial charge is 0.157 e. The molecule has 0 aromatic heterocycles. The zero-order valence-corrected chi connectivity index (χ0v) is 12.2. The molecule has 3 unspecified atom stereocenters. The Morgan fingerprint density at radius 3 is 2.47 bits per heavy atom. The van der Waals surface area contributed by atoms with Crippen LogP contribution in [0.15, 0.2) is 0 Å². The van der Waals surface area contributed by atoms with E-state index in [9.17, 15) is 8.42 Å². The summed E-state index contributed by atoms with van der Waals surface area (Å²) in [6.07, 6.45) is 5.86. The second-order valence-electron chi connectivity index (χ2n) is 5.19. The molecule has 1 aliphatic carbocycles. The van der Waals surface area contributed by atoms with Crippen molar-refractivity contribution < 1.29 is 8.42 Å². The van der Waals surface area contributed by atoms with Gasteiger partial charge in [0.15, 0.2) is 9.84 Å². The van der Waals surface area contributed by atoms with Crippen LogP contribution in [0.3, 0.4) is 0 Å². The largest absolute Gasteiger partial charge is 0.313 e. The van der Waals surface area contributed by atoms with Gasteiger partial charge in [0.05, 0.1) is 10.5 Å². The molecule has 4 heteroatoms. The maximum atomic E-state index is 12.5. The van der Waals surface area contributed by atoms with Crippen LogP contribution in [0.25, 0.3) is 0 Å². The Morgan fingerprint density at radius 2 is 1.88 bits per heavy atom. The first-order valence-corrected chi connectivity index (χ1v) is 8.61. The van der Waals surface area contributed by atoms with Crippen molar-refractivity contribution in [3.05, 3.63) is 0 Å². The number of sulfone groups is 1. The Morgan fingerprint density at radius 1 is 1.24 bits per heavy atom. The first-order valence-electron chi connectivity index (χ1n) is 7.00. The topological polar surface area (TPSA) is 46.2 Å². The third-order valence-electron chi connectivity index (χ3n) is 3.92. The normalized spacial score (nSPS) is 27.9. The van der Waals surface area contributed by atoms with Crippen LogP contribution < -0.4 is 5.32 Å². The van der Waals surface area contributed by atoms with Gasteiger partial charge in [0.1, 0.15) is 0 Å². The summed E-state index contributed by atoms with van der Waals surface area (Å²) in [5.74, 6) is 0. The second-order valence-corrected chi connectivity index (χ2v) is 7.78. The first kappa shape index (κ1) is 15.0. The lowest BCUT2D eigenvalue weighted by Crippen LogP contribution is -2.48. The first-order chi connectivity index (χ1) is 8.04. The molecule has 1 saturated carbocycles. The van der Waals surface area contributed by atoms with Crippen molar-refractivity contribution in [3.63, 3.8) is 0 Å². The van der Waals surface area contributed by atoms with Gasteiger partial charge in [-0.15, -0.1) is 0 Å². The predicted octanol–water partition coefficient (Wildman–Crippen LogP) is 2.51. The highest BCUT2D eigenvalue weighted by atomic mass is 32.2. The van der Waals surface area contributed by atoms with Crippen LogP contribution in [-0.4, -0.2) is 31.5 Å². The third-order valence-corrected chi connectivity index (χ3v) is 6.78. The molecule has 1 fully saturated rings. The molecule has 0 aromatic rings. The minimum Gasteiger partial charge on any atom is -0.313 e. The van der Waals surface area contributed by atoms with Crippen molar-refractivity contribution in [1.82, 2.24) is 5.32 Å². The SMILES string of the molecule is CCCNC1CCCCC1S(=O)(=O)C(C)CC. The van der Waals surface area contributed by atoms with Gasteiger partial charge in [0, 0.05) is 6.04 Å². The highest BCUT2D eigenvalue weighted by Crippen LogP contribution is 2.27. The van der Waals surface area contributed by atoms with Gasteiger partial charge in [-0.3, -0.25) is 0 Å². The van der Waals surface area contributed by atoms with E-state index in [1.165, 1.54) is 0 Å². The minimum atomic E-state index is -2.95. The summed E-state index contributed by atoms with van der Waals surface area (Å²) in [6, 6.07) is 0.183. The van der Waals surface area contributed by atoms with Crippen LogP contribution in [0, 0.1) is 0 Å². The summed E-state index contributed by atoms with van der Waals surface area (Å²) >= 11 is 0. The van der Waals surface area contributed by atoms with E-state index in [-0.39, 0.29) is 16.5 Å². The van der Waals surface area contributed by atoms with Gasteiger partial charge < -0.3 is 5.32 Å². The van der Waals surface area contributed by atoms with Gasteiger partial charge in [-0.05, 0) is 39.2 Å². The van der Waals surface area contributed by atoms with Crippen LogP contribution in [-0.2, 0) is 9.84 Å². The molecule has 3 nitrogen and oxygen atoms in total. The zero-order chi connectivity index (χ0) is 12.9. The van der Waals surface area contributed by atoms with Gasteiger partial charge in [0.2, 0.25) is 0 Å². The molecule has 3 atom stereocenters. The molecule has 0 heterocycles. The number of nitrogens with one attached hydrogen (secondary N) is 1. The number of hydrogen-bond donors (Lipinski definition) is 1. The Hall–Kier alpha value is -0.0900. The molecule has 0 bridgehead atoms. The summed E-state index contributed by atoms with van der Waals surface area (Å²) in [6.45, 7) is 6.85. The highest BCUT2D eigenvalue weighted by molar-refractivity contribution is 7.92. The summed E-state index contributed by atoms with van der Waals surface area (Å²) in [7, 11) is -2.95. The summed E-state index contributed by atoms with van der Waals surface area (Å²) in [5, 5.41) is 3.07. The van der Waals surface area contributed by atoms with Crippen LogP contribution in [0.1, 0.15) is 59.3 Å². The van der Waals surface area contributed by atoms with Gasteiger partial charge in [0.25, 0.3) is 0 Å². The van der Waals surface area contributed by atoms with Crippen LogP contribution in [0.4, 0.5) is 0 Å². The van der Waals surface area contributed by atoms with Gasteiger partial charge >= 0.3 is 0 Å². The number of rotatable bonds is 6. The Balaban J connectivity index is 2.76. The Bertz CT molecular complexity index is 313. The molecule has 1 N–H and O–H groups in total. The van der Waals surface area contributed by atoms with Gasteiger partial charge in [-0.25, -0.2) is 8.42 Å². The van der Waals surface area contributed by atoms with Gasteiger partial charge in [-0.1, -0.05) is 26.7 Å². The van der Waals surface area contributed by atoms with Crippen molar-refractivity contribution >= 4 is 9.84 Å². The van der Waals surface area contributed by atoms with Crippen molar-refractivity contribution in [2.75, 3.05) is 6.54 Å². The van der Waals surface area contributed by atoms with Crippen molar-refractivity contribution in [1.29, 1.82) is 0 Å². The third kappa shape index (κ3) is 3.68. The fourth-order valence-electron chi connectivity index (χ4n) is 2.58. The molecule has 0 aliphatic heterocycles. The van der Waals surface area contributed by atoms with Crippen LogP contribution >= 0.6 is 0 Å². The lowest BCUT2D eigenvalue weighted by atomic mass is 9.95. The monoisotopic (exact) mass is 261 g/mol. The van der Waals surface area contributed by atoms with Crippen LogP contribution in [0.2, 0.25) is 0 Å². The minimum absolute atomic E-state index is 0.155. The van der Waals surface area contributed by atoms with E-state index < -0.39 is 9.84 Å². The average molecular weight is 261 g/mol. The lowest BCUT2D eigenvalue weighted by Gasteiger charge is -2.33. The molecule has 0 amide bonds. The summed E-state index contributed by atoms with van der Waals surface area (Å²) < 4.78 is 24.9. The van der Waals surface area contributed by atoms with E-state index in [2.05, 4.69) is 12.2 Å². The molecule has 0 saturated heterocycles. The zero-order valence-electron chi connectivity index (χ0n) is 11.4. The Labute approximate surface area is 106 Å². The molecule has 0 aromatic carbocycles. The second kappa shape index (κ2) is 6.74.